The van der Waals surface area contributed by atoms with Crippen LogP contribution in [-0.4, -0.2) is 18.6 Å². The molecule has 0 saturated heterocycles. The maximum absolute atomic E-state index is 5.33. The maximum atomic E-state index is 5.33. The number of aromatic nitrogens is 1. The zero-order valence-electron chi connectivity index (χ0n) is 10.2. The van der Waals surface area contributed by atoms with Crippen LogP contribution in [-0.2, 0) is 6.54 Å². The van der Waals surface area contributed by atoms with Gasteiger partial charge < -0.3 is 10.1 Å². The van der Waals surface area contributed by atoms with E-state index in [2.05, 4.69) is 17.2 Å². The van der Waals surface area contributed by atoms with Crippen molar-refractivity contribution in [1.82, 2.24) is 10.3 Å². The number of nitrogens with zero attached hydrogens (tertiary/aromatic N) is 1. The van der Waals surface area contributed by atoms with Crippen LogP contribution in [0.5, 0.6) is 5.75 Å². The second-order valence-corrected chi connectivity index (χ2v) is 3.33. The molecule has 3 nitrogen and oxygen atoms in total. The Morgan fingerprint density at radius 2 is 1.94 bits per heavy atom. The number of ether oxygens (including phenoxy) is 1. The van der Waals surface area contributed by atoms with Crippen LogP contribution in [0, 0.1) is 13.8 Å². The van der Waals surface area contributed by atoms with E-state index in [-0.39, 0.29) is 24.8 Å². The largest absolute Gasteiger partial charge is 0.496 e. The van der Waals surface area contributed by atoms with Gasteiger partial charge in [-0.3, -0.25) is 4.98 Å². The van der Waals surface area contributed by atoms with Crippen LogP contribution in [0.1, 0.15) is 23.7 Å². The lowest BCUT2D eigenvalue weighted by molar-refractivity contribution is 0.406. The minimum atomic E-state index is 0. The summed E-state index contributed by atoms with van der Waals surface area (Å²) in [5, 5.41) is 3.26. The Bertz CT molecular complexity index is 319. The van der Waals surface area contributed by atoms with Crippen molar-refractivity contribution in [2.45, 2.75) is 27.3 Å². The number of rotatable bonds is 4. The van der Waals surface area contributed by atoms with Crippen molar-refractivity contribution in [2.24, 2.45) is 0 Å². The number of pyridine rings is 1. The predicted octanol–water partition coefficient (Wildman–Crippen LogP) is 2.66. The molecule has 0 aliphatic heterocycles. The molecule has 0 spiro atoms. The van der Waals surface area contributed by atoms with E-state index in [0.29, 0.717) is 0 Å². The molecule has 0 amide bonds. The SMILES string of the molecule is CCNCc1ncc(C)c(OC)c1C.Cl.Cl. The fourth-order valence-corrected chi connectivity index (χ4v) is 1.49. The van der Waals surface area contributed by atoms with E-state index in [1.165, 1.54) is 0 Å². The number of hydrogen-bond acceptors (Lipinski definition) is 3. The standard InChI is InChI=1S/C11H18N2O.2ClH/c1-5-12-7-10-9(3)11(14-4)8(2)6-13-10;;/h6,12H,5,7H2,1-4H3;2*1H. The zero-order valence-corrected chi connectivity index (χ0v) is 11.8. The molecule has 0 aromatic carbocycles. The molecule has 94 valence electrons. The fourth-order valence-electron chi connectivity index (χ4n) is 1.49. The average Bonchev–Trinajstić information content (AvgIpc) is 2.18. The van der Waals surface area contributed by atoms with E-state index >= 15 is 0 Å². The van der Waals surface area contributed by atoms with E-state index in [1.807, 2.05) is 20.0 Å². The molecule has 0 saturated carbocycles. The van der Waals surface area contributed by atoms with Crippen molar-refractivity contribution in [2.75, 3.05) is 13.7 Å². The average molecular weight is 267 g/mol. The van der Waals surface area contributed by atoms with Gasteiger partial charge in [-0.2, -0.15) is 0 Å². The van der Waals surface area contributed by atoms with Crippen LogP contribution in [0.15, 0.2) is 6.20 Å². The van der Waals surface area contributed by atoms with Gasteiger partial charge in [0, 0.05) is 23.9 Å². The summed E-state index contributed by atoms with van der Waals surface area (Å²) in [6.07, 6.45) is 1.86. The fraction of sp³-hybridized carbons (Fsp3) is 0.545. The highest BCUT2D eigenvalue weighted by Gasteiger charge is 2.08. The van der Waals surface area contributed by atoms with Gasteiger partial charge in [0.1, 0.15) is 5.75 Å². The molecule has 1 N–H and O–H groups in total. The first-order chi connectivity index (χ1) is 6.70. The summed E-state index contributed by atoms with van der Waals surface area (Å²) in [6, 6.07) is 0. The monoisotopic (exact) mass is 266 g/mol. The van der Waals surface area contributed by atoms with Crippen molar-refractivity contribution >= 4 is 24.8 Å². The minimum absolute atomic E-state index is 0. The summed E-state index contributed by atoms with van der Waals surface area (Å²) in [5.74, 6) is 0.952. The van der Waals surface area contributed by atoms with Crippen molar-refractivity contribution in [3.8, 4) is 5.75 Å². The Labute approximate surface area is 110 Å². The van der Waals surface area contributed by atoms with Gasteiger partial charge in [0.05, 0.1) is 12.8 Å². The van der Waals surface area contributed by atoms with Gasteiger partial charge in [-0.15, -0.1) is 24.8 Å². The Hall–Kier alpha value is -0.510. The number of aryl methyl sites for hydroxylation is 1. The van der Waals surface area contributed by atoms with Crippen molar-refractivity contribution in [3.05, 3.63) is 23.0 Å². The van der Waals surface area contributed by atoms with E-state index < -0.39 is 0 Å². The molecule has 1 aromatic heterocycles. The van der Waals surface area contributed by atoms with Crippen molar-refractivity contribution in [1.29, 1.82) is 0 Å². The molecule has 5 heteroatoms. The summed E-state index contributed by atoms with van der Waals surface area (Å²) < 4.78 is 5.33. The number of halogens is 2. The molecule has 0 fully saturated rings. The van der Waals surface area contributed by atoms with Gasteiger partial charge in [0.15, 0.2) is 0 Å². The molecule has 0 unspecified atom stereocenters. The highest BCUT2D eigenvalue weighted by molar-refractivity contribution is 5.85. The maximum Gasteiger partial charge on any atom is 0.128 e. The van der Waals surface area contributed by atoms with E-state index in [0.717, 1.165) is 35.7 Å². The molecule has 0 aliphatic carbocycles. The Balaban J connectivity index is 0. The first-order valence-electron chi connectivity index (χ1n) is 4.90. The van der Waals surface area contributed by atoms with Gasteiger partial charge in [-0.1, -0.05) is 6.92 Å². The molecular weight excluding hydrogens is 247 g/mol. The van der Waals surface area contributed by atoms with Crippen LogP contribution in [0.25, 0.3) is 0 Å². The summed E-state index contributed by atoms with van der Waals surface area (Å²) in [5.41, 5.74) is 3.29. The molecule has 16 heavy (non-hydrogen) atoms. The molecule has 0 radical (unpaired) electrons. The molecule has 1 heterocycles. The lowest BCUT2D eigenvalue weighted by Crippen LogP contribution is -2.14. The van der Waals surface area contributed by atoms with Crippen LogP contribution in [0.3, 0.4) is 0 Å². The van der Waals surface area contributed by atoms with Gasteiger partial charge >= 0.3 is 0 Å². The Morgan fingerprint density at radius 3 is 2.44 bits per heavy atom. The quantitative estimate of drug-likeness (QED) is 0.910. The van der Waals surface area contributed by atoms with Gasteiger partial charge in [-0.05, 0) is 20.4 Å². The third kappa shape index (κ3) is 4.16. The first-order valence-corrected chi connectivity index (χ1v) is 4.90. The van der Waals surface area contributed by atoms with Gasteiger partial charge in [0.2, 0.25) is 0 Å². The Morgan fingerprint density at radius 1 is 1.31 bits per heavy atom. The lowest BCUT2D eigenvalue weighted by Gasteiger charge is -2.12. The third-order valence-corrected chi connectivity index (χ3v) is 2.29. The minimum Gasteiger partial charge on any atom is -0.496 e. The van der Waals surface area contributed by atoms with Crippen LogP contribution in [0.4, 0.5) is 0 Å². The topological polar surface area (TPSA) is 34.2 Å². The lowest BCUT2D eigenvalue weighted by atomic mass is 10.1. The Kier molecular flexibility index (Phi) is 9.63. The second-order valence-electron chi connectivity index (χ2n) is 3.33. The molecular formula is C11H20Cl2N2O. The normalized spacial score (nSPS) is 9.00. The number of hydrogen-bond donors (Lipinski definition) is 1. The molecule has 1 rings (SSSR count). The van der Waals surface area contributed by atoms with E-state index in [9.17, 15) is 0 Å². The molecule has 0 atom stereocenters. The summed E-state index contributed by atoms with van der Waals surface area (Å²) in [6.45, 7) is 7.90. The molecule has 0 aliphatic rings. The molecule has 0 bridgehead atoms. The summed E-state index contributed by atoms with van der Waals surface area (Å²) in [4.78, 5) is 4.38. The number of methoxy groups -OCH3 is 1. The third-order valence-electron chi connectivity index (χ3n) is 2.29. The van der Waals surface area contributed by atoms with E-state index in [4.69, 9.17) is 4.74 Å². The van der Waals surface area contributed by atoms with Gasteiger partial charge in [-0.25, -0.2) is 0 Å². The highest BCUT2D eigenvalue weighted by Crippen LogP contribution is 2.23. The highest BCUT2D eigenvalue weighted by atomic mass is 35.5. The van der Waals surface area contributed by atoms with Crippen molar-refractivity contribution in [3.63, 3.8) is 0 Å². The summed E-state index contributed by atoms with van der Waals surface area (Å²) >= 11 is 0. The van der Waals surface area contributed by atoms with E-state index in [1.54, 1.807) is 7.11 Å². The first kappa shape index (κ1) is 17.9. The van der Waals surface area contributed by atoms with Crippen LogP contribution in [0.2, 0.25) is 0 Å². The summed E-state index contributed by atoms with van der Waals surface area (Å²) in [7, 11) is 1.70. The second kappa shape index (κ2) is 8.62. The smallest absolute Gasteiger partial charge is 0.128 e. The van der Waals surface area contributed by atoms with Crippen LogP contribution >= 0.6 is 24.8 Å². The van der Waals surface area contributed by atoms with Crippen LogP contribution < -0.4 is 10.1 Å². The number of nitrogens with one attached hydrogen (secondary N) is 1. The molecule has 1 aromatic rings. The predicted molar refractivity (Wildman–Crippen MR) is 72.1 cm³/mol. The zero-order chi connectivity index (χ0) is 10.6. The van der Waals surface area contributed by atoms with Gasteiger partial charge in [0.25, 0.3) is 0 Å². The van der Waals surface area contributed by atoms with Crippen molar-refractivity contribution < 1.29 is 4.74 Å².